The zero-order chi connectivity index (χ0) is 15.6. The van der Waals surface area contributed by atoms with E-state index < -0.39 is 11.0 Å². The number of nitro benzene ring substituents is 1. The molecule has 1 N–H and O–H groups in total. The van der Waals surface area contributed by atoms with Gasteiger partial charge in [0.2, 0.25) is 0 Å². The molecule has 1 aliphatic carbocycles. The first-order chi connectivity index (χ1) is 9.86. The quantitative estimate of drug-likeness (QED) is 0.676. The van der Waals surface area contributed by atoms with E-state index in [-0.39, 0.29) is 11.8 Å². The number of rotatable bonds is 4. The van der Waals surface area contributed by atoms with Crippen LogP contribution in [0.5, 0.6) is 5.75 Å². The van der Waals surface area contributed by atoms with Crippen molar-refractivity contribution in [1.82, 2.24) is 0 Å². The topological polar surface area (TPSA) is 72.6 Å². The highest BCUT2D eigenvalue weighted by Gasteiger charge is 2.26. The molecular weight excluding hydrogens is 270 g/mol. The normalized spacial score (nSPS) is 27.1. The SMILES string of the molecule is CC1CC(C)CC(Oc2ccc([N+](=O)[O-])cc2[C@@H](C)O)C1. The first-order valence-corrected chi connectivity index (χ1v) is 7.50. The van der Waals surface area contributed by atoms with Crippen LogP contribution in [0.4, 0.5) is 5.69 Å². The van der Waals surface area contributed by atoms with Crippen LogP contribution in [0, 0.1) is 22.0 Å². The van der Waals surface area contributed by atoms with Crippen molar-refractivity contribution < 1.29 is 14.8 Å². The molecule has 0 saturated heterocycles. The van der Waals surface area contributed by atoms with Crippen LogP contribution in [0.25, 0.3) is 0 Å². The molecule has 0 aliphatic heterocycles. The van der Waals surface area contributed by atoms with E-state index in [2.05, 4.69) is 13.8 Å². The van der Waals surface area contributed by atoms with E-state index in [0.717, 1.165) is 12.8 Å². The number of hydrogen-bond acceptors (Lipinski definition) is 4. The van der Waals surface area contributed by atoms with Crippen LogP contribution in [-0.2, 0) is 0 Å². The molecule has 5 heteroatoms. The molecule has 1 aromatic carbocycles. The summed E-state index contributed by atoms with van der Waals surface area (Å²) < 4.78 is 6.04. The van der Waals surface area contributed by atoms with Crippen LogP contribution < -0.4 is 4.74 Å². The fourth-order valence-electron chi connectivity index (χ4n) is 3.23. The third-order valence-corrected chi connectivity index (χ3v) is 4.08. The average molecular weight is 293 g/mol. The van der Waals surface area contributed by atoms with Gasteiger partial charge in [0, 0.05) is 17.7 Å². The van der Waals surface area contributed by atoms with E-state index in [4.69, 9.17) is 4.74 Å². The highest BCUT2D eigenvalue weighted by Crippen LogP contribution is 2.35. The molecule has 0 heterocycles. The Bertz CT molecular complexity index is 505. The monoisotopic (exact) mass is 293 g/mol. The van der Waals surface area contributed by atoms with Gasteiger partial charge < -0.3 is 9.84 Å². The standard InChI is InChI=1S/C16H23NO4/c1-10-6-11(2)8-14(7-10)21-16-5-4-13(17(19)20)9-15(16)12(3)18/h4-5,9-12,14,18H,6-8H2,1-3H3/t10?,11?,12-,14?/m1/s1. The van der Waals surface area contributed by atoms with Crippen molar-refractivity contribution in [2.24, 2.45) is 11.8 Å². The predicted octanol–water partition coefficient (Wildman–Crippen LogP) is 3.85. The van der Waals surface area contributed by atoms with Gasteiger partial charge in [-0.25, -0.2) is 0 Å². The molecule has 1 aliphatic rings. The Hall–Kier alpha value is -1.62. The molecule has 1 aromatic rings. The molecule has 5 nitrogen and oxygen atoms in total. The number of benzene rings is 1. The minimum atomic E-state index is -0.793. The van der Waals surface area contributed by atoms with Crippen LogP contribution in [0.3, 0.4) is 0 Å². The third kappa shape index (κ3) is 3.94. The number of aliphatic hydroxyl groups excluding tert-OH is 1. The maximum Gasteiger partial charge on any atom is 0.270 e. The Kier molecular flexibility index (Phi) is 4.83. The number of nitro groups is 1. The Morgan fingerprint density at radius 1 is 1.29 bits per heavy atom. The summed E-state index contributed by atoms with van der Waals surface area (Å²) >= 11 is 0. The van der Waals surface area contributed by atoms with Gasteiger partial charge >= 0.3 is 0 Å². The van der Waals surface area contributed by atoms with Gasteiger partial charge in [0.1, 0.15) is 5.75 Å². The third-order valence-electron chi connectivity index (χ3n) is 4.08. The van der Waals surface area contributed by atoms with Gasteiger partial charge in [-0.2, -0.15) is 0 Å². The highest BCUT2D eigenvalue weighted by molar-refractivity contribution is 5.45. The van der Waals surface area contributed by atoms with Crippen molar-refractivity contribution in [2.45, 2.75) is 52.2 Å². The number of aliphatic hydroxyl groups is 1. The maximum absolute atomic E-state index is 10.8. The summed E-state index contributed by atoms with van der Waals surface area (Å²) in [5.41, 5.74) is 0.457. The van der Waals surface area contributed by atoms with Gasteiger partial charge in [-0.15, -0.1) is 0 Å². The summed E-state index contributed by atoms with van der Waals surface area (Å²) in [6.45, 7) is 6.03. The molecule has 2 rings (SSSR count). The van der Waals surface area contributed by atoms with E-state index >= 15 is 0 Å². The molecule has 0 aromatic heterocycles. The molecular formula is C16H23NO4. The molecule has 0 spiro atoms. The minimum Gasteiger partial charge on any atom is -0.490 e. The van der Waals surface area contributed by atoms with Crippen LogP contribution >= 0.6 is 0 Å². The Morgan fingerprint density at radius 2 is 1.90 bits per heavy atom. The molecule has 1 saturated carbocycles. The highest BCUT2D eigenvalue weighted by atomic mass is 16.6. The fourth-order valence-corrected chi connectivity index (χ4v) is 3.23. The molecule has 1 fully saturated rings. The van der Waals surface area contributed by atoms with Gasteiger partial charge in [0.05, 0.1) is 17.1 Å². The molecule has 0 amide bonds. The summed E-state index contributed by atoms with van der Waals surface area (Å²) in [5, 5.41) is 20.7. The zero-order valence-corrected chi connectivity index (χ0v) is 12.8. The molecule has 0 radical (unpaired) electrons. The Balaban J connectivity index is 2.21. The van der Waals surface area contributed by atoms with Crippen molar-refractivity contribution >= 4 is 5.69 Å². The van der Waals surface area contributed by atoms with Gasteiger partial charge in [-0.3, -0.25) is 10.1 Å². The van der Waals surface area contributed by atoms with E-state index in [1.54, 1.807) is 13.0 Å². The van der Waals surface area contributed by atoms with Gasteiger partial charge in [-0.05, 0) is 44.1 Å². The summed E-state index contributed by atoms with van der Waals surface area (Å²) in [6, 6.07) is 4.43. The molecule has 21 heavy (non-hydrogen) atoms. The van der Waals surface area contributed by atoms with Crippen molar-refractivity contribution in [3.63, 3.8) is 0 Å². The average Bonchev–Trinajstić information content (AvgIpc) is 2.37. The fraction of sp³-hybridized carbons (Fsp3) is 0.625. The van der Waals surface area contributed by atoms with E-state index in [0.29, 0.717) is 23.1 Å². The number of ether oxygens (including phenoxy) is 1. The summed E-state index contributed by atoms with van der Waals surface area (Å²) in [4.78, 5) is 10.4. The van der Waals surface area contributed by atoms with Crippen LogP contribution in [0.1, 0.15) is 51.7 Å². The summed E-state index contributed by atoms with van der Waals surface area (Å²) in [5.74, 6) is 1.79. The van der Waals surface area contributed by atoms with E-state index in [1.807, 2.05) is 0 Å². The largest absolute Gasteiger partial charge is 0.490 e. The van der Waals surface area contributed by atoms with Gasteiger partial charge in [0.15, 0.2) is 0 Å². The summed E-state index contributed by atoms with van der Waals surface area (Å²) in [6.07, 6.45) is 2.51. The zero-order valence-electron chi connectivity index (χ0n) is 12.8. The molecule has 3 atom stereocenters. The van der Waals surface area contributed by atoms with Crippen LogP contribution in [0.15, 0.2) is 18.2 Å². The molecule has 2 unspecified atom stereocenters. The lowest BCUT2D eigenvalue weighted by atomic mass is 9.82. The van der Waals surface area contributed by atoms with E-state index in [9.17, 15) is 15.2 Å². The number of non-ortho nitro benzene ring substituents is 1. The van der Waals surface area contributed by atoms with Crippen LogP contribution in [0.2, 0.25) is 0 Å². The van der Waals surface area contributed by atoms with Crippen molar-refractivity contribution in [2.75, 3.05) is 0 Å². The Labute approximate surface area is 125 Å². The second kappa shape index (κ2) is 6.43. The van der Waals surface area contributed by atoms with Gasteiger partial charge in [0.25, 0.3) is 5.69 Å². The lowest BCUT2D eigenvalue weighted by molar-refractivity contribution is -0.385. The van der Waals surface area contributed by atoms with Crippen molar-refractivity contribution in [3.8, 4) is 5.75 Å². The lowest BCUT2D eigenvalue weighted by Gasteiger charge is -2.32. The van der Waals surface area contributed by atoms with Gasteiger partial charge in [-0.1, -0.05) is 13.8 Å². The predicted molar refractivity (Wildman–Crippen MR) is 80.3 cm³/mol. The Morgan fingerprint density at radius 3 is 2.43 bits per heavy atom. The number of nitrogens with zero attached hydrogens (tertiary/aromatic N) is 1. The van der Waals surface area contributed by atoms with E-state index in [1.165, 1.54) is 18.6 Å². The second-order valence-corrected chi connectivity index (χ2v) is 6.31. The first kappa shape index (κ1) is 15.8. The summed E-state index contributed by atoms with van der Waals surface area (Å²) in [7, 11) is 0. The lowest BCUT2D eigenvalue weighted by Crippen LogP contribution is -2.28. The van der Waals surface area contributed by atoms with Crippen molar-refractivity contribution in [3.05, 3.63) is 33.9 Å². The smallest absolute Gasteiger partial charge is 0.270 e. The van der Waals surface area contributed by atoms with Crippen LogP contribution in [-0.4, -0.2) is 16.1 Å². The molecule has 0 bridgehead atoms. The first-order valence-electron chi connectivity index (χ1n) is 7.50. The van der Waals surface area contributed by atoms with Crippen molar-refractivity contribution in [1.29, 1.82) is 0 Å². The second-order valence-electron chi connectivity index (χ2n) is 6.31. The number of hydrogen-bond donors (Lipinski definition) is 1. The maximum atomic E-state index is 10.8. The molecule has 116 valence electrons. The minimum absolute atomic E-state index is 0.0244.